The summed E-state index contributed by atoms with van der Waals surface area (Å²) in [6.45, 7) is 0.942. The molecule has 0 radical (unpaired) electrons. The van der Waals surface area contributed by atoms with Crippen molar-refractivity contribution < 1.29 is 13.9 Å². The molecule has 1 fully saturated rings. The maximum absolute atomic E-state index is 13.3. The molecular formula is C12H14BrFN2O2. The molecule has 6 heteroatoms. The van der Waals surface area contributed by atoms with Crippen LogP contribution in [0.1, 0.15) is 12.8 Å². The van der Waals surface area contributed by atoms with Crippen LogP contribution in [0.5, 0.6) is 0 Å². The Kier molecular flexibility index (Phi) is 3.99. The number of halogens is 2. The molecule has 0 atom stereocenters. The first kappa shape index (κ1) is 13.5. The molecular weight excluding hydrogens is 303 g/mol. The minimum Gasteiger partial charge on any atom is -0.381 e. The Labute approximate surface area is 113 Å². The Hall–Kier alpha value is -0.980. The fourth-order valence-electron chi connectivity index (χ4n) is 1.79. The topological polar surface area (TPSA) is 64.4 Å². The molecule has 0 spiro atoms. The van der Waals surface area contributed by atoms with Gasteiger partial charge >= 0.3 is 0 Å². The molecule has 0 aliphatic carbocycles. The average molecular weight is 317 g/mol. The molecule has 0 unspecified atom stereocenters. The second-order valence-corrected chi connectivity index (χ2v) is 5.21. The number of ether oxygens (including phenoxy) is 1. The fraction of sp³-hybridized carbons (Fsp3) is 0.417. The number of hydrogen-bond donors (Lipinski definition) is 2. The first-order valence-electron chi connectivity index (χ1n) is 5.64. The molecule has 0 aromatic heterocycles. The van der Waals surface area contributed by atoms with Crippen molar-refractivity contribution in [2.45, 2.75) is 18.4 Å². The summed E-state index contributed by atoms with van der Waals surface area (Å²) in [5.41, 5.74) is 5.49. The van der Waals surface area contributed by atoms with Crippen LogP contribution in [0.3, 0.4) is 0 Å². The van der Waals surface area contributed by atoms with Crippen molar-refractivity contribution in [3.05, 3.63) is 28.5 Å². The third-order valence-corrected chi connectivity index (χ3v) is 3.66. The van der Waals surface area contributed by atoms with Crippen LogP contribution in [-0.4, -0.2) is 24.7 Å². The van der Waals surface area contributed by atoms with E-state index in [1.165, 1.54) is 12.1 Å². The number of benzene rings is 1. The average Bonchev–Trinajstić information content (AvgIpc) is 2.35. The van der Waals surface area contributed by atoms with Gasteiger partial charge in [-0.05, 0) is 47.0 Å². The molecule has 1 amide bonds. The number of amides is 1. The molecule has 0 saturated carbocycles. The molecule has 18 heavy (non-hydrogen) atoms. The van der Waals surface area contributed by atoms with Gasteiger partial charge in [-0.1, -0.05) is 0 Å². The molecule has 3 N–H and O–H groups in total. The van der Waals surface area contributed by atoms with E-state index in [2.05, 4.69) is 21.2 Å². The highest BCUT2D eigenvalue weighted by Gasteiger charge is 2.35. The molecule has 1 aromatic rings. The van der Waals surface area contributed by atoms with Crippen molar-refractivity contribution in [1.82, 2.24) is 0 Å². The molecule has 98 valence electrons. The van der Waals surface area contributed by atoms with E-state index >= 15 is 0 Å². The van der Waals surface area contributed by atoms with Gasteiger partial charge in [0.2, 0.25) is 5.91 Å². The van der Waals surface area contributed by atoms with Crippen molar-refractivity contribution in [2.75, 3.05) is 18.5 Å². The maximum atomic E-state index is 13.3. The van der Waals surface area contributed by atoms with Gasteiger partial charge in [-0.15, -0.1) is 0 Å². The minimum absolute atomic E-state index is 0.299. The van der Waals surface area contributed by atoms with Crippen LogP contribution >= 0.6 is 15.9 Å². The fourth-order valence-corrected chi connectivity index (χ4v) is 2.04. The quantitative estimate of drug-likeness (QED) is 0.877. The van der Waals surface area contributed by atoms with Crippen molar-refractivity contribution in [1.29, 1.82) is 0 Å². The lowest BCUT2D eigenvalue weighted by Gasteiger charge is -2.31. The molecule has 1 heterocycles. The predicted molar refractivity (Wildman–Crippen MR) is 69.7 cm³/mol. The number of nitrogens with one attached hydrogen (secondary N) is 1. The normalized spacial score (nSPS) is 18.4. The van der Waals surface area contributed by atoms with Crippen LogP contribution in [0.2, 0.25) is 0 Å². The van der Waals surface area contributed by atoms with Gasteiger partial charge in [0, 0.05) is 18.9 Å². The summed E-state index contributed by atoms with van der Waals surface area (Å²) in [7, 11) is 0. The minimum atomic E-state index is -0.929. The van der Waals surface area contributed by atoms with Crippen LogP contribution in [0.15, 0.2) is 22.7 Å². The number of rotatable bonds is 2. The van der Waals surface area contributed by atoms with Gasteiger partial charge in [-0.2, -0.15) is 0 Å². The Bertz CT molecular complexity index is 461. The summed E-state index contributed by atoms with van der Waals surface area (Å²) in [6, 6.07) is 4.41. The number of nitrogens with two attached hydrogens (primary N) is 1. The Morgan fingerprint density at radius 2 is 2.11 bits per heavy atom. The summed E-state index contributed by atoms with van der Waals surface area (Å²) >= 11 is 3.05. The highest BCUT2D eigenvalue weighted by atomic mass is 79.9. The Morgan fingerprint density at radius 1 is 1.44 bits per heavy atom. The summed E-state index contributed by atoms with van der Waals surface area (Å²) in [5, 5.41) is 2.64. The number of carbonyl (C=O) groups is 1. The molecule has 1 aliphatic rings. The van der Waals surface area contributed by atoms with Crippen LogP contribution in [0, 0.1) is 5.82 Å². The third kappa shape index (κ3) is 2.88. The number of anilines is 1. The zero-order valence-corrected chi connectivity index (χ0v) is 11.3. The number of hydrogen-bond acceptors (Lipinski definition) is 3. The van der Waals surface area contributed by atoms with E-state index < -0.39 is 11.4 Å². The van der Waals surface area contributed by atoms with Gasteiger partial charge in [0.05, 0.1) is 4.47 Å². The summed E-state index contributed by atoms with van der Waals surface area (Å²) in [5.74, 6) is -0.724. The molecule has 4 nitrogen and oxygen atoms in total. The van der Waals surface area contributed by atoms with Crippen molar-refractivity contribution in [2.24, 2.45) is 5.73 Å². The van der Waals surface area contributed by atoms with Crippen molar-refractivity contribution >= 4 is 27.5 Å². The van der Waals surface area contributed by atoms with Crippen LogP contribution in [0.4, 0.5) is 10.1 Å². The second kappa shape index (κ2) is 5.34. The zero-order valence-electron chi connectivity index (χ0n) is 9.71. The zero-order chi connectivity index (χ0) is 13.2. The molecule has 2 rings (SSSR count). The summed E-state index contributed by atoms with van der Waals surface area (Å²) in [6.07, 6.45) is 0.940. The Balaban J connectivity index is 2.08. The lowest BCUT2D eigenvalue weighted by atomic mass is 9.90. The predicted octanol–water partition coefficient (Wildman–Crippen LogP) is 2.03. The van der Waals surface area contributed by atoms with Gasteiger partial charge in [0.1, 0.15) is 11.4 Å². The van der Waals surface area contributed by atoms with Crippen LogP contribution in [-0.2, 0) is 9.53 Å². The molecule has 0 bridgehead atoms. The smallest absolute Gasteiger partial charge is 0.244 e. The molecule has 1 aromatic carbocycles. The van der Waals surface area contributed by atoms with E-state index in [1.807, 2.05) is 0 Å². The van der Waals surface area contributed by atoms with Gasteiger partial charge < -0.3 is 15.8 Å². The van der Waals surface area contributed by atoms with E-state index in [-0.39, 0.29) is 5.91 Å². The summed E-state index contributed by atoms with van der Waals surface area (Å²) in [4.78, 5) is 12.1. The van der Waals surface area contributed by atoms with Gasteiger partial charge in [-0.25, -0.2) is 4.39 Å². The first-order chi connectivity index (χ1) is 8.51. The highest BCUT2D eigenvalue weighted by molar-refractivity contribution is 9.10. The standard InChI is InChI=1S/C12H14BrFN2O2/c13-9-2-1-8(7-10(9)14)16-11(17)12(15)3-5-18-6-4-12/h1-2,7H,3-6,15H2,(H,16,17). The first-order valence-corrected chi connectivity index (χ1v) is 6.44. The van der Waals surface area contributed by atoms with E-state index in [1.54, 1.807) is 6.07 Å². The summed E-state index contributed by atoms with van der Waals surface area (Å²) < 4.78 is 18.8. The lowest BCUT2D eigenvalue weighted by Crippen LogP contribution is -2.54. The molecule has 1 saturated heterocycles. The van der Waals surface area contributed by atoms with E-state index in [4.69, 9.17) is 10.5 Å². The van der Waals surface area contributed by atoms with Gasteiger partial charge in [0.25, 0.3) is 0 Å². The van der Waals surface area contributed by atoms with Gasteiger partial charge in [-0.3, -0.25) is 4.79 Å². The van der Waals surface area contributed by atoms with E-state index in [9.17, 15) is 9.18 Å². The lowest BCUT2D eigenvalue weighted by molar-refractivity contribution is -0.124. The largest absolute Gasteiger partial charge is 0.381 e. The van der Waals surface area contributed by atoms with E-state index in [0.29, 0.717) is 36.2 Å². The maximum Gasteiger partial charge on any atom is 0.244 e. The van der Waals surface area contributed by atoms with Crippen LogP contribution < -0.4 is 11.1 Å². The number of carbonyl (C=O) groups excluding carboxylic acids is 1. The van der Waals surface area contributed by atoms with Gasteiger partial charge in [0.15, 0.2) is 0 Å². The molecule has 1 aliphatic heterocycles. The monoisotopic (exact) mass is 316 g/mol. The van der Waals surface area contributed by atoms with Crippen LogP contribution in [0.25, 0.3) is 0 Å². The SMILES string of the molecule is NC1(C(=O)Nc2ccc(Br)c(F)c2)CCOCC1. The van der Waals surface area contributed by atoms with Crippen molar-refractivity contribution in [3.63, 3.8) is 0 Å². The van der Waals surface area contributed by atoms with E-state index in [0.717, 1.165) is 0 Å². The second-order valence-electron chi connectivity index (χ2n) is 4.35. The Morgan fingerprint density at radius 3 is 2.72 bits per heavy atom. The highest BCUT2D eigenvalue weighted by Crippen LogP contribution is 2.22. The van der Waals surface area contributed by atoms with Crippen molar-refractivity contribution in [3.8, 4) is 0 Å². The third-order valence-electron chi connectivity index (χ3n) is 3.01.